The lowest BCUT2D eigenvalue weighted by atomic mass is 10.00. The van der Waals surface area contributed by atoms with Gasteiger partial charge in [-0.25, -0.2) is 0 Å². The van der Waals surface area contributed by atoms with Crippen molar-refractivity contribution in [3.05, 3.63) is 28.2 Å². The van der Waals surface area contributed by atoms with E-state index in [4.69, 9.17) is 27.9 Å². The van der Waals surface area contributed by atoms with E-state index in [9.17, 15) is 5.11 Å². The van der Waals surface area contributed by atoms with Crippen molar-refractivity contribution in [1.29, 1.82) is 0 Å². The summed E-state index contributed by atoms with van der Waals surface area (Å²) in [6, 6.07) is 5.63. The maximum Gasteiger partial charge on any atom is 0.156 e. The van der Waals surface area contributed by atoms with Gasteiger partial charge in [-0.05, 0) is 37.8 Å². The number of hydrogen-bond acceptors (Lipinski definition) is 3. The second-order valence-electron chi connectivity index (χ2n) is 5.76. The molecule has 5 heteroatoms. The molecule has 2 unspecified atom stereocenters. The normalized spacial score (nSPS) is 18.7. The first-order chi connectivity index (χ1) is 10.1. The predicted molar refractivity (Wildman–Crippen MR) is 87.4 cm³/mol. The van der Waals surface area contributed by atoms with Crippen molar-refractivity contribution in [2.45, 2.75) is 44.8 Å². The second-order valence-corrected chi connectivity index (χ2v) is 6.57. The van der Waals surface area contributed by atoms with Crippen LogP contribution in [-0.4, -0.2) is 30.4 Å². The summed E-state index contributed by atoms with van der Waals surface area (Å²) in [7, 11) is 0. The van der Waals surface area contributed by atoms with E-state index in [0.717, 1.165) is 5.92 Å². The molecule has 1 saturated carbocycles. The van der Waals surface area contributed by atoms with Crippen LogP contribution in [0, 0.1) is 5.92 Å². The van der Waals surface area contributed by atoms with Crippen LogP contribution >= 0.6 is 23.2 Å². The third kappa shape index (κ3) is 5.03. The standard InChI is InChI=1S/C16H23Cl2NO2/c1-11(12-5-2-3-6-12)19-9-13(20)10-21-16-14(17)7-4-8-15(16)18/h4,7-8,11-13,19-20H,2-3,5-6,9-10H2,1H3. The number of rotatable bonds is 7. The molecule has 1 aromatic rings. The summed E-state index contributed by atoms with van der Waals surface area (Å²) < 4.78 is 5.53. The summed E-state index contributed by atoms with van der Waals surface area (Å²) in [5.74, 6) is 1.17. The number of hydrogen-bond donors (Lipinski definition) is 2. The average molecular weight is 332 g/mol. The van der Waals surface area contributed by atoms with Crippen molar-refractivity contribution < 1.29 is 9.84 Å². The lowest BCUT2D eigenvalue weighted by Crippen LogP contribution is -2.39. The Balaban J connectivity index is 1.73. The van der Waals surface area contributed by atoms with Gasteiger partial charge in [-0.3, -0.25) is 0 Å². The summed E-state index contributed by atoms with van der Waals surface area (Å²) in [5.41, 5.74) is 0. The van der Waals surface area contributed by atoms with Gasteiger partial charge in [-0.1, -0.05) is 42.1 Å². The van der Waals surface area contributed by atoms with Crippen molar-refractivity contribution in [2.24, 2.45) is 5.92 Å². The molecule has 0 spiro atoms. The second kappa shape index (κ2) is 8.23. The van der Waals surface area contributed by atoms with Gasteiger partial charge in [-0.15, -0.1) is 0 Å². The van der Waals surface area contributed by atoms with Gasteiger partial charge in [0.25, 0.3) is 0 Å². The zero-order valence-corrected chi connectivity index (χ0v) is 13.8. The SMILES string of the molecule is CC(NCC(O)COc1c(Cl)cccc1Cl)C1CCCC1. The highest BCUT2D eigenvalue weighted by Gasteiger charge is 2.21. The first-order valence-corrected chi connectivity index (χ1v) is 8.31. The van der Waals surface area contributed by atoms with Gasteiger partial charge in [0, 0.05) is 12.6 Å². The number of nitrogens with one attached hydrogen (secondary N) is 1. The number of aliphatic hydroxyl groups is 1. The Morgan fingerprint density at radius 2 is 1.90 bits per heavy atom. The first kappa shape index (κ1) is 16.9. The zero-order valence-electron chi connectivity index (χ0n) is 12.3. The molecule has 0 saturated heterocycles. The maximum absolute atomic E-state index is 10.0. The third-order valence-corrected chi connectivity index (χ3v) is 4.72. The molecule has 118 valence electrons. The summed E-state index contributed by atoms with van der Waals surface area (Å²) in [5, 5.41) is 14.3. The number of benzene rings is 1. The molecule has 2 rings (SSSR count). The van der Waals surface area contributed by atoms with Crippen molar-refractivity contribution in [3.63, 3.8) is 0 Å². The Morgan fingerprint density at radius 3 is 2.52 bits per heavy atom. The zero-order chi connectivity index (χ0) is 15.2. The molecule has 0 aliphatic heterocycles. The highest BCUT2D eigenvalue weighted by Crippen LogP contribution is 2.32. The van der Waals surface area contributed by atoms with Crippen LogP contribution in [0.3, 0.4) is 0 Å². The van der Waals surface area contributed by atoms with Gasteiger partial charge in [0.2, 0.25) is 0 Å². The van der Waals surface area contributed by atoms with Crippen LogP contribution in [0.25, 0.3) is 0 Å². The van der Waals surface area contributed by atoms with E-state index in [-0.39, 0.29) is 6.61 Å². The molecule has 1 aliphatic carbocycles. The molecule has 2 N–H and O–H groups in total. The van der Waals surface area contributed by atoms with Crippen LogP contribution in [0.2, 0.25) is 10.0 Å². The van der Waals surface area contributed by atoms with Gasteiger partial charge in [-0.2, -0.15) is 0 Å². The van der Waals surface area contributed by atoms with Crippen molar-refractivity contribution >= 4 is 23.2 Å². The van der Waals surface area contributed by atoms with E-state index in [1.807, 2.05) is 0 Å². The highest BCUT2D eigenvalue weighted by molar-refractivity contribution is 6.37. The van der Waals surface area contributed by atoms with E-state index in [1.165, 1.54) is 25.7 Å². The fourth-order valence-corrected chi connectivity index (χ4v) is 3.31. The fraction of sp³-hybridized carbons (Fsp3) is 0.625. The molecule has 3 nitrogen and oxygen atoms in total. The lowest BCUT2D eigenvalue weighted by Gasteiger charge is -2.22. The summed E-state index contributed by atoms with van der Waals surface area (Å²) in [6.45, 7) is 2.88. The van der Waals surface area contributed by atoms with Crippen LogP contribution in [0.5, 0.6) is 5.75 Å². The van der Waals surface area contributed by atoms with Crippen molar-refractivity contribution in [2.75, 3.05) is 13.2 Å². The van der Waals surface area contributed by atoms with E-state index in [2.05, 4.69) is 12.2 Å². The summed E-state index contributed by atoms with van der Waals surface area (Å²) in [4.78, 5) is 0. The first-order valence-electron chi connectivity index (χ1n) is 7.56. The lowest BCUT2D eigenvalue weighted by molar-refractivity contribution is 0.102. The summed E-state index contributed by atoms with van der Waals surface area (Å²) >= 11 is 12.0. The van der Waals surface area contributed by atoms with Crippen LogP contribution in [-0.2, 0) is 0 Å². The Labute approximate surface area is 136 Å². The van der Waals surface area contributed by atoms with Crippen LogP contribution in [0.4, 0.5) is 0 Å². The fourth-order valence-electron chi connectivity index (χ4n) is 2.80. The monoisotopic (exact) mass is 331 g/mol. The van der Waals surface area contributed by atoms with E-state index in [1.54, 1.807) is 18.2 Å². The van der Waals surface area contributed by atoms with Gasteiger partial charge in [0.05, 0.1) is 10.0 Å². The minimum atomic E-state index is -0.582. The van der Waals surface area contributed by atoms with Crippen LogP contribution < -0.4 is 10.1 Å². The van der Waals surface area contributed by atoms with Gasteiger partial charge < -0.3 is 15.2 Å². The van der Waals surface area contributed by atoms with Crippen LogP contribution in [0.1, 0.15) is 32.6 Å². The molecular formula is C16H23Cl2NO2. The molecule has 1 fully saturated rings. The largest absolute Gasteiger partial charge is 0.488 e. The smallest absolute Gasteiger partial charge is 0.156 e. The maximum atomic E-state index is 10.0. The van der Waals surface area contributed by atoms with Crippen LogP contribution in [0.15, 0.2) is 18.2 Å². The van der Waals surface area contributed by atoms with Gasteiger partial charge in [0.15, 0.2) is 5.75 Å². The molecule has 1 aliphatic rings. The van der Waals surface area contributed by atoms with E-state index < -0.39 is 6.10 Å². The topological polar surface area (TPSA) is 41.5 Å². The summed E-state index contributed by atoms with van der Waals surface area (Å²) in [6.07, 6.45) is 4.65. The van der Waals surface area contributed by atoms with Gasteiger partial charge >= 0.3 is 0 Å². The molecular weight excluding hydrogens is 309 g/mol. The Morgan fingerprint density at radius 1 is 1.29 bits per heavy atom. The quantitative estimate of drug-likeness (QED) is 0.796. The Hall–Kier alpha value is -0.480. The van der Waals surface area contributed by atoms with E-state index in [0.29, 0.717) is 28.4 Å². The number of para-hydroxylation sites is 1. The number of halogens is 2. The molecule has 0 aromatic heterocycles. The molecule has 0 amide bonds. The molecule has 2 atom stereocenters. The average Bonchev–Trinajstić information content (AvgIpc) is 2.98. The van der Waals surface area contributed by atoms with Crippen molar-refractivity contribution in [3.8, 4) is 5.75 Å². The third-order valence-electron chi connectivity index (χ3n) is 4.12. The van der Waals surface area contributed by atoms with Crippen molar-refractivity contribution in [1.82, 2.24) is 5.32 Å². The minimum absolute atomic E-state index is 0.174. The molecule has 0 bridgehead atoms. The molecule has 1 aromatic carbocycles. The number of ether oxygens (including phenoxy) is 1. The Bertz CT molecular complexity index is 430. The van der Waals surface area contributed by atoms with Gasteiger partial charge in [0.1, 0.15) is 12.7 Å². The minimum Gasteiger partial charge on any atom is -0.488 e. The Kier molecular flexibility index (Phi) is 6.62. The highest BCUT2D eigenvalue weighted by atomic mass is 35.5. The number of aliphatic hydroxyl groups excluding tert-OH is 1. The van der Waals surface area contributed by atoms with E-state index >= 15 is 0 Å². The molecule has 0 radical (unpaired) electrons. The molecule has 0 heterocycles. The predicted octanol–water partition coefficient (Wildman–Crippen LogP) is 3.90. The molecule has 21 heavy (non-hydrogen) atoms.